The van der Waals surface area contributed by atoms with Gasteiger partial charge in [0.15, 0.2) is 5.82 Å². The van der Waals surface area contributed by atoms with Gasteiger partial charge in [-0.1, -0.05) is 61.5 Å². The molecule has 0 aliphatic rings. The molecule has 1 N–H and O–H groups in total. The Morgan fingerprint density at radius 2 is 1.77 bits per heavy atom. The molecule has 156 valence electrons. The van der Waals surface area contributed by atoms with E-state index in [-0.39, 0.29) is 5.56 Å². The smallest absolute Gasteiger partial charge is 0.336 e. The van der Waals surface area contributed by atoms with Gasteiger partial charge in [0, 0.05) is 30.8 Å². The summed E-state index contributed by atoms with van der Waals surface area (Å²) in [4.78, 5) is 20.3. The first kappa shape index (κ1) is 20.5. The van der Waals surface area contributed by atoms with E-state index in [9.17, 15) is 9.90 Å². The minimum Gasteiger partial charge on any atom is -0.478 e. The minimum absolute atomic E-state index is 0.245. The third-order valence-corrected chi connectivity index (χ3v) is 5.12. The van der Waals surface area contributed by atoms with Gasteiger partial charge in [-0.05, 0) is 29.2 Å². The van der Waals surface area contributed by atoms with E-state index >= 15 is 0 Å². The number of carboxylic acids is 1. The fourth-order valence-electron chi connectivity index (χ4n) is 3.59. The van der Waals surface area contributed by atoms with Gasteiger partial charge in [0.05, 0.1) is 12.1 Å². The van der Waals surface area contributed by atoms with Gasteiger partial charge in [0.25, 0.3) is 0 Å². The van der Waals surface area contributed by atoms with E-state index in [2.05, 4.69) is 24.0 Å². The lowest BCUT2D eigenvalue weighted by Crippen LogP contribution is -2.07. The van der Waals surface area contributed by atoms with Gasteiger partial charge in [-0.3, -0.25) is 4.98 Å². The van der Waals surface area contributed by atoms with Crippen LogP contribution in [0.15, 0.2) is 73.1 Å². The second-order valence-electron chi connectivity index (χ2n) is 7.44. The molecule has 31 heavy (non-hydrogen) atoms. The van der Waals surface area contributed by atoms with Gasteiger partial charge in [0.2, 0.25) is 0 Å². The van der Waals surface area contributed by atoms with Gasteiger partial charge in [-0.2, -0.15) is 5.10 Å². The first-order valence-corrected chi connectivity index (χ1v) is 10.4. The Bertz CT molecular complexity index is 1170. The van der Waals surface area contributed by atoms with E-state index < -0.39 is 5.97 Å². The quantitative estimate of drug-likeness (QED) is 0.456. The summed E-state index contributed by atoms with van der Waals surface area (Å²) in [6.07, 6.45) is 5.67. The Labute approximate surface area is 181 Å². The first-order valence-electron chi connectivity index (χ1n) is 10.4. The molecule has 0 saturated heterocycles. The largest absolute Gasteiger partial charge is 0.478 e. The zero-order valence-electron chi connectivity index (χ0n) is 17.4. The molecule has 0 aliphatic heterocycles. The molecule has 0 spiro atoms. The maximum atomic E-state index is 11.5. The van der Waals surface area contributed by atoms with Crippen LogP contribution in [-0.2, 0) is 19.4 Å². The maximum Gasteiger partial charge on any atom is 0.336 e. The lowest BCUT2D eigenvalue weighted by Gasteiger charge is -2.08. The number of nitrogens with zero attached hydrogens (tertiary/aromatic N) is 4. The number of carbonyl (C=O) groups is 1. The van der Waals surface area contributed by atoms with Crippen molar-refractivity contribution in [3.8, 4) is 11.1 Å². The highest BCUT2D eigenvalue weighted by Crippen LogP contribution is 2.23. The summed E-state index contributed by atoms with van der Waals surface area (Å²) in [5, 5.41) is 14.2. The number of aryl methyl sites for hydroxylation is 1. The van der Waals surface area contributed by atoms with Crippen molar-refractivity contribution >= 4 is 5.97 Å². The third kappa shape index (κ3) is 4.86. The predicted octanol–water partition coefficient (Wildman–Crippen LogP) is 4.63. The number of carboxylic acid groups (broad SMARTS) is 1. The van der Waals surface area contributed by atoms with Gasteiger partial charge < -0.3 is 5.11 Å². The zero-order valence-corrected chi connectivity index (χ0v) is 17.4. The Morgan fingerprint density at radius 3 is 2.48 bits per heavy atom. The number of benzene rings is 2. The Balaban J connectivity index is 1.56. The molecule has 0 amide bonds. The molecule has 0 atom stereocenters. The highest BCUT2D eigenvalue weighted by atomic mass is 16.4. The summed E-state index contributed by atoms with van der Waals surface area (Å²) in [6.45, 7) is 2.76. The number of hydrogen-bond donors (Lipinski definition) is 1. The summed E-state index contributed by atoms with van der Waals surface area (Å²) in [5.74, 6) is 0.852. The Hall–Kier alpha value is -3.80. The van der Waals surface area contributed by atoms with Gasteiger partial charge >= 0.3 is 5.97 Å². The zero-order chi connectivity index (χ0) is 21.6. The maximum absolute atomic E-state index is 11.5. The van der Waals surface area contributed by atoms with E-state index in [1.165, 1.54) is 17.8 Å². The molecule has 2 aromatic heterocycles. The molecule has 6 nitrogen and oxygen atoms in total. The van der Waals surface area contributed by atoms with E-state index in [0.29, 0.717) is 18.5 Å². The van der Waals surface area contributed by atoms with E-state index in [4.69, 9.17) is 10.1 Å². The standard InChI is InChI=1S/C25H24N4O2/c1-2-6-24-27-23(15-18-7-4-3-5-8-18)28-29(24)17-19-9-11-20(12-10-19)22-16-26-14-13-21(22)25(30)31/h3-5,7-14,16H,2,6,15,17H2,1H3,(H,30,31). The average molecular weight is 412 g/mol. The van der Waals surface area contributed by atoms with Crippen LogP contribution < -0.4 is 0 Å². The number of aromatic carboxylic acids is 1. The number of hydrogen-bond acceptors (Lipinski definition) is 4. The van der Waals surface area contributed by atoms with Gasteiger partial charge in [-0.15, -0.1) is 0 Å². The van der Waals surface area contributed by atoms with Crippen LogP contribution in [0.4, 0.5) is 0 Å². The van der Waals surface area contributed by atoms with Crippen LogP contribution in [0.1, 0.15) is 46.5 Å². The van der Waals surface area contributed by atoms with Crippen molar-refractivity contribution in [2.24, 2.45) is 0 Å². The number of aromatic nitrogens is 4. The second kappa shape index (κ2) is 9.34. The molecular formula is C25H24N4O2. The minimum atomic E-state index is -0.959. The monoisotopic (exact) mass is 412 g/mol. The highest BCUT2D eigenvalue weighted by Gasteiger charge is 2.13. The van der Waals surface area contributed by atoms with Crippen molar-refractivity contribution < 1.29 is 9.90 Å². The molecule has 2 heterocycles. The molecule has 6 heteroatoms. The normalized spacial score (nSPS) is 10.9. The molecule has 4 rings (SSSR count). The van der Waals surface area contributed by atoms with Gasteiger partial charge in [0.1, 0.15) is 5.82 Å². The predicted molar refractivity (Wildman–Crippen MR) is 119 cm³/mol. The van der Waals surface area contributed by atoms with Crippen LogP contribution in [0.3, 0.4) is 0 Å². The average Bonchev–Trinajstić information content (AvgIpc) is 3.16. The Kier molecular flexibility index (Phi) is 6.17. The molecule has 4 aromatic rings. The fraction of sp³-hybridized carbons (Fsp3) is 0.200. The molecule has 0 fully saturated rings. The van der Waals surface area contributed by atoms with Crippen LogP contribution in [0.5, 0.6) is 0 Å². The van der Waals surface area contributed by atoms with Crippen molar-refractivity contribution in [1.82, 2.24) is 19.7 Å². The first-order chi connectivity index (χ1) is 15.1. The van der Waals surface area contributed by atoms with Crippen molar-refractivity contribution in [2.45, 2.75) is 32.7 Å². The highest BCUT2D eigenvalue weighted by molar-refractivity contribution is 5.95. The molecular weight excluding hydrogens is 388 g/mol. The summed E-state index contributed by atoms with van der Waals surface area (Å²) in [7, 11) is 0. The second-order valence-corrected chi connectivity index (χ2v) is 7.44. The Morgan fingerprint density at radius 1 is 1.00 bits per heavy atom. The van der Waals surface area contributed by atoms with E-state index in [1.54, 1.807) is 6.20 Å². The van der Waals surface area contributed by atoms with E-state index in [0.717, 1.165) is 35.6 Å². The molecule has 0 saturated carbocycles. The summed E-state index contributed by atoms with van der Waals surface area (Å²) >= 11 is 0. The van der Waals surface area contributed by atoms with Crippen LogP contribution >= 0.6 is 0 Å². The van der Waals surface area contributed by atoms with Crippen molar-refractivity contribution in [3.05, 3.63) is 101 Å². The molecule has 2 aromatic carbocycles. The van der Waals surface area contributed by atoms with Crippen molar-refractivity contribution in [3.63, 3.8) is 0 Å². The summed E-state index contributed by atoms with van der Waals surface area (Å²) < 4.78 is 1.98. The summed E-state index contributed by atoms with van der Waals surface area (Å²) in [6, 6.07) is 19.6. The van der Waals surface area contributed by atoms with Crippen LogP contribution in [0.25, 0.3) is 11.1 Å². The summed E-state index contributed by atoms with van der Waals surface area (Å²) in [5.41, 5.74) is 3.95. The molecule has 0 bridgehead atoms. The van der Waals surface area contributed by atoms with Crippen molar-refractivity contribution in [1.29, 1.82) is 0 Å². The SMILES string of the molecule is CCCc1nc(Cc2ccccc2)nn1Cc1ccc(-c2cnccc2C(=O)O)cc1. The third-order valence-electron chi connectivity index (χ3n) is 5.12. The van der Waals surface area contributed by atoms with Crippen LogP contribution in [0, 0.1) is 0 Å². The fourth-order valence-corrected chi connectivity index (χ4v) is 3.59. The topological polar surface area (TPSA) is 80.9 Å². The van der Waals surface area contributed by atoms with Gasteiger partial charge in [-0.25, -0.2) is 14.5 Å². The number of rotatable bonds is 8. The molecule has 0 aliphatic carbocycles. The van der Waals surface area contributed by atoms with E-state index in [1.807, 2.05) is 47.1 Å². The van der Waals surface area contributed by atoms with Crippen LogP contribution in [0.2, 0.25) is 0 Å². The molecule has 0 radical (unpaired) electrons. The van der Waals surface area contributed by atoms with Crippen LogP contribution in [-0.4, -0.2) is 30.8 Å². The number of pyridine rings is 1. The molecule has 0 unspecified atom stereocenters. The lowest BCUT2D eigenvalue weighted by molar-refractivity contribution is 0.0697. The van der Waals surface area contributed by atoms with Crippen molar-refractivity contribution in [2.75, 3.05) is 0 Å². The lowest BCUT2D eigenvalue weighted by atomic mass is 10.0.